The maximum Gasteiger partial charge on any atom is 0.328 e. The van der Waals surface area contributed by atoms with E-state index in [9.17, 15) is 9.59 Å². The van der Waals surface area contributed by atoms with E-state index in [0.29, 0.717) is 30.6 Å². The third-order valence-electron chi connectivity index (χ3n) is 3.47. The van der Waals surface area contributed by atoms with Crippen LogP contribution in [0.3, 0.4) is 0 Å². The topological polar surface area (TPSA) is 81.4 Å². The summed E-state index contributed by atoms with van der Waals surface area (Å²) >= 11 is 1.86. The molecule has 1 fully saturated rings. The van der Waals surface area contributed by atoms with Gasteiger partial charge in [0.25, 0.3) is 0 Å². The number of carbonyl (C=O) groups is 2. The summed E-state index contributed by atoms with van der Waals surface area (Å²) in [5, 5.41) is 3.20. The van der Waals surface area contributed by atoms with Gasteiger partial charge in [-0.1, -0.05) is 13.8 Å². The zero-order valence-electron chi connectivity index (χ0n) is 13.3. The predicted molar refractivity (Wildman–Crippen MR) is 86.1 cm³/mol. The summed E-state index contributed by atoms with van der Waals surface area (Å²) < 4.78 is 5.07. The minimum Gasteiger partial charge on any atom is -0.464 e. The van der Waals surface area contributed by atoms with Crippen molar-refractivity contribution in [1.29, 1.82) is 0 Å². The summed E-state index contributed by atoms with van der Waals surface area (Å²) in [5.74, 6) is 0.859. The molecule has 21 heavy (non-hydrogen) atoms. The van der Waals surface area contributed by atoms with Crippen LogP contribution in [0.15, 0.2) is 0 Å². The lowest BCUT2D eigenvalue weighted by Crippen LogP contribution is -2.50. The van der Waals surface area contributed by atoms with Crippen LogP contribution >= 0.6 is 11.8 Å². The number of nitrogens with two attached hydrogens (primary N) is 1. The molecule has 0 radical (unpaired) electrons. The maximum atomic E-state index is 12.1. The minimum absolute atomic E-state index is 0.259. The third kappa shape index (κ3) is 6.70. The fraction of sp³-hybridized carbons (Fsp3) is 0.867. The number of hydrogen-bond donors (Lipinski definition) is 2. The van der Waals surface area contributed by atoms with Gasteiger partial charge in [-0.2, -0.15) is 11.8 Å². The molecule has 0 saturated carbocycles. The van der Waals surface area contributed by atoms with E-state index in [4.69, 9.17) is 10.5 Å². The molecule has 0 aromatic carbocycles. The number of carbonyl (C=O) groups excluding carboxylic acids is 2. The van der Waals surface area contributed by atoms with Crippen molar-refractivity contribution >= 4 is 23.6 Å². The van der Waals surface area contributed by atoms with Gasteiger partial charge in [0.1, 0.15) is 6.04 Å². The van der Waals surface area contributed by atoms with Gasteiger partial charge in [0.15, 0.2) is 0 Å². The fourth-order valence-electron chi connectivity index (χ4n) is 2.44. The van der Waals surface area contributed by atoms with E-state index in [1.165, 1.54) is 6.42 Å². The van der Waals surface area contributed by atoms with Gasteiger partial charge < -0.3 is 15.8 Å². The van der Waals surface area contributed by atoms with E-state index in [-0.39, 0.29) is 11.9 Å². The Hall–Kier alpha value is -0.750. The standard InChI is InChI=1S/C15H28N2O3S/c1-4-20-15(19)13(9-11-6-5-7-21-11)17-14(18)12(16)8-10(2)3/h10-13H,4-9,16H2,1-3H3,(H,17,18)/t11-,12-,13?/m0/s1. The number of amides is 1. The number of thioether (sulfide) groups is 1. The van der Waals surface area contributed by atoms with Crippen LogP contribution < -0.4 is 11.1 Å². The van der Waals surface area contributed by atoms with E-state index in [0.717, 1.165) is 12.2 Å². The third-order valence-corrected chi connectivity index (χ3v) is 4.90. The Balaban J connectivity index is 2.58. The summed E-state index contributed by atoms with van der Waals surface area (Å²) in [4.78, 5) is 24.1. The Morgan fingerprint density at radius 3 is 2.67 bits per heavy atom. The average Bonchev–Trinajstić information content (AvgIpc) is 2.90. The monoisotopic (exact) mass is 316 g/mol. The number of nitrogens with one attached hydrogen (secondary N) is 1. The molecule has 3 N–H and O–H groups in total. The largest absolute Gasteiger partial charge is 0.464 e. The zero-order valence-corrected chi connectivity index (χ0v) is 14.1. The number of hydrogen-bond acceptors (Lipinski definition) is 5. The summed E-state index contributed by atoms with van der Waals surface area (Å²) in [7, 11) is 0. The Bertz CT molecular complexity index is 344. The van der Waals surface area contributed by atoms with Crippen LogP contribution in [0.25, 0.3) is 0 Å². The molecule has 1 rings (SSSR count). The van der Waals surface area contributed by atoms with E-state index >= 15 is 0 Å². The second-order valence-electron chi connectivity index (χ2n) is 5.92. The lowest BCUT2D eigenvalue weighted by atomic mass is 10.0. The SMILES string of the molecule is CCOC(=O)C(C[C@@H]1CCCS1)NC(=O)[C@@H](N)CC(C)C. The summed E-state index contributed by atoms with van der Waals surface area (Å²) in [5.41, 5.74) is 5.88. The Morgan fingerprint density at radius 2 is 2.14 bits per heavy atom. The van der Waals surface area contributed by atoms with Gasteiger partial charge in [-0.05, 0) is 44.3 Å². The minimum atomic E-state index is -0.578. The van der Waals surface area contributed by atoms with Gasteiger partial charge in [0, 0.05) is 5.25 Å². The highest BCUT2D eigenvalue weighted by atomic mass is 32.2. The van der Waals surface area contributed by atoms with Crippen LogP contribution in [0, 0.1) is 5.92 Å². The molecule has 1 aliphatic heterocycles. The van der Waals surface area contributed by atoms with Crippen LogP contribution in [0.1, 0.15) is 46.5 Å². The highest BCUT2D eigenvalue weighted by Crippen LogP contribution is 2.29. The van der Waals surface area contributed by atoms with E-state index in [1.54, 1.807) is 6.92 Å². The number of esters is 1. The first-order valence-electron chi connectivity index (χ1n) is 7.78. The molecular weight excluding hydrogens is 288 g/mol. The first kappa shape index (κ1) is 18.3. The fourth-order valence-corrected chi connectivity index (χ4v) is 3.77. The van der Waals surface area contributed by atoms with Gasteiger partial charge in [0.05, 0.1) is 12.6 Å². The highest BCUT2D eigenvalue weighted by Gasteiger charge is 2.29. The van der Waals surface area contributed by atoms with Crippen molar-refractivity contribution in [2.75, 3.05) is 12.4 Å². The molecule has 1 saturated heterocycles. The maximum absolute atomic E-state index is 12.1. The Morgan fingerprint density at radius 1 is 1.43 bits per heavy atom. The van der Waals surface area contributed by atoms with Crippen LogP contribution in [-0.2, 0) is 14.3 Å². The van der Waals surface area contributed by atoms with Gasteiger partial charge in [-0.3, -0.25) is 4.79 Å². The Kier molecular flexibility index (Phi) is 8.11. The molecule has 122 valence electrons. The van der Waals surface area contributed by atoms with Crippen molar-refractivity contribution in [2.45, 2.75) is 63.8 Å². The van der Waals surface area contributed by atoms with Crippen molar-refractivity contribution in [3.05, 3.63) is 0 Å². The highest BCUT2D eigenvalue weighted by molar-refractivity contribution is 8.00. The molecule has 0 spiro atoms. The predicted octanol–water partition coefficient (Wildman–Crippen LogP) is 1.69. The Labute approximate surface area is 131 Å². The first-order chi connectivity index (χ1) is 9.93. The van der Waals surface area contributed by atoms with E-state index in [2.05, 4.69) is 5.32 Å². The second kappa shape index (κ2) is 9.30. The van der Waals surface area contributed by atoms with Crippen LogP contribution in [0.4, 0.5) is 0 Å². The first-order valence-corrected chi connectivity index (χ1v) is 8.83. The molecule has 1 unspecified atom stereocenters. The van der Waals surface area contributed by atoms with Crippen LogP contribution in [-0.4, -0.2) is 41.6 Å². The van der Waals surface area contributed by atoms with Crippen molar-refractivity contribution in [1.82, 2.24) is 5.32 Å². The van der Waals surface area contributed by atoms with Gasteiger partial charge >= 0.3 is 5.97 Å². The lowest BCUT2D eigenvalue weighted by Gasteiger charge is -2.22. The van der Waals surface area contributed by atoms with Crippen molar-refractivity contribution < 1.29 is 14.3 Å². The molecule has 6 heteroatoms. The number of ether oxygens (including phenoxy) is 1. The molecule has 0 aliphatic carbocycles. The molecule has 0 bridgehead atoms. The molecule has 0 aromatic rings. The van der Waals surface area contributed by atoms with E-state index < -0.39 is 12.1 Å². The molecule has 1 amide bonds. The van der Waals surface area contributed by atoms with Crippen LogP contribution in [0.5, 0.6) is 0 Å². The molecule has 1 heterocycles. The molecule has 5 nitrogen and oxygen atoms in total. The molecular formula is C15H28N2O3S. The summed E-state index contributed by atoms with van der Waals surface area (Å²) in [6.07, 6.45) is 3.50. The quantitative estimate of drug-likeness (QED) is 0.666. The van der Waals surface area contributed by atoms with E-state index in [1.807, 2.05) is 25.6 Å². The van der Waals surface area contributed by atoms with Gasteiger partial charge in [0.2, 0.25) is 5.91 Å². The summed E-state index contributed by atoms with van der Waals surface area (Å²) in [6, 6.07) is -1.15. The van der Waals surface area contributed by atoms with Crippen molar-refractivity contribution in [3.8, 4) is 0 Å². The summed E-state index contributed by atoms with van der Waals surface area (Å²) in [6.45, 7) is 6.13. The molecule has 1 aliphatic rings. The van der Waals surface area contributed by atoms with Gasteiger partial charge in [-0.25, -0.2) is 4.79 Å². The smallest absolute Gasteiger partial charge is 0.328 e. The average molecular weight is 316 g/mol. The van der Waals surface area contributed by atoms with Crippen molar-refractivity contribution in [2.24, 2.45) is 11.7 Å². The number of rotatable bonds is 8. The second-order valence-corrected chi connectivity index (χ2v) is 7.33. The van der Waals surface area contributed by atoms with Gasteiger partial charge in [-0.15, -0.1) is 0 Å². The normalized spacial score (nSPS) is 21.1. The van der Waals surface area contributed by atoms with Crippen molar-refractivity contribution in [3.63, 3.8) is 0 Å². The molecule has 3 atom stereocenters. The van der Waals surface area contributed by atoms with Crippen LogP contribution in [0.2, 0.25) is 0 Å². The molecule has 0 aromatic heterocycles. The zero-order chi connectivity index (χ0) is 15.8. The lowest BCUT2D eigenvalue weighted by molar-refractivity contribution is -0.147.